The average Bonchev–Trinajstić information content (AvgIpc) is 3.40. The number of hydrogen-bond acceptors (Lipinski definition) is 6. The van der Waals surface area contributed by atoms with Crippen molar-refractivity contribution in [1.29, 1.82) is 0 Å². The third kappa shape index (κ3) is 6.16. The summed E-state index contributed by atoms with van der Waals surface area (Å²) in [6, 6.07) is 7.86. The molecule has 8 heteroatoms. The van der Waals surface area contributed by atoms with E-state index in [4.69, 9.17) is 14.5 Å². The van der Waals surface area contributed by atoms with Gasteiger partial charge < -0.3 is 19.8 Å². The van der Waals surface area contributed by atoms with Crippen molar-refractivity contribution < 1.29 is 19.1 Å². The van der Waals surface area contributed by atoms with Crippen LogP contribution in [0.25, 0.3) is 22.2 Å². The maximum atomic E-state index is 13.4. The second kappa shape index (κ2) is 11.9. The van der Waals surface area contributed by atoms with Crippen molar-refractivity contribution in [3.63, 3.8) is 0 Å². The number of ether oxygens (including phenoxy) is 2. The Morgan fingerprint density at radius 1 is 1.21 bits per heavy atom. The van der Waals surface area contributed by atoms with Gasteiger partial charge in [0.1, 0.15) is 17.4 Å². The summed E-state index contributed by atoms with van der Waals surface area (Å²) < 4.78 is 11.2. The van der Waals surface area contributed by atoms with Crippen LogP contribution in [0.4, 0.5) is 0 Å². The highest BCUT2D eigenvalue weighted by atomic mass is 16.5. The number of carbonyl (C=O) groups excluding carboxylic acids is 2. The maximum absolute atomic E-state index is 13.4. The minimum absolute atomic E-state index is 0.0528. The lowest BCUT2D eigenvalue weighted by Crippen LogP contribution is -2.33. The van der Waals surface area contributed by atoms with Gasteiger partial charge in [0, 0.05) is 54.7 Å². The molecule has 1 saturated heterocycles. The molecule has 0 radical (unpaired) electrons. The SMILES string of the molecule is CCC(=O)CCCCCC(NC(=O)C1CC12CCOCC2)c1ncc(-c2cc3ccc(C)nc3cc2OC)[nH]1. The molecule has 1 aliphatic carbocycles. The number of ketones is 1. The number of nitrogens with zero attached hydrogens (tertiary/aromatic N) is 2. The number of benzene rings is 1. The van der Waals surface area contributed by atoms with Crippen LogP contribution in [0.2, 0.25) is 0 Å². The Morgan fingerprint density at radius 3 is 2.79 bits per heavy atom. The highest BCUT2D eigenvalue weighted by molar-refractivity contribution is 5.87. The number of aromatic amines is 1. The minimum atomic E-state index is -0.221. The molecule has 1 spiro atoms. The van der Waals surface area contributed by atoms with Crippen molar-refractivity contribution in [2.75, 3.05) is 20.3 Å². The van der Waals surface area contributed by atoms with Gasteiger partial charge in [0.05, 0.1) is 30.6 Å². The molecule has 39 heavy (non-hydrogen) atoms. The molecule has 208 valence electrons. The highest BCUT2D eigenvalue weighted by Gasteiger charge is 2.58. The first-order valence-corrected chi connectivity index (χ1v) is 14.3. The quantitative estimate of drug-likeness (QED) is 0.284. The number of nitrogens with one attached hydrogen (secondary N) is 2. The Bertz CT molecular complexity index is 1330. The van der Waals surface area contributed by atoms with Gasteiger partial charge >= 0.3 is 0 Å². The molecule has 2 aromatic heterocycles. The fourth-order valence-electron chi connectivity index (χ4n) is 5.91. The zero-order valence-electron chi connectivity index (χ0n) is 23.3. The number of carbonyl (C=O) groups is 2. The first-order valence-electron chi connectivity index (χ1n) is 14.3. The van der Waals surface area contributed by atoms with Crippen molar-refractivity contribution >= 4 is 22.6 Å². The van der Waals surface area contributed by atoms with Gasteiger partial charge in [-0.3, -0.25) is 14.6 Å². The number of aromatic nitrogens is 3. The van der Waals surface area contributed by atoms with Crippen LogP contribution in [-0.2, 0) is 14.3 Å². The van der Waals surface area contributed by atoms with Crippen LogP contribution in [0.5, 0.6) is 5.75 Å². The molecule has 2 atom stereocenters. The third-order valence-corrected chi connectivity index (χ3v) is 8.52. The van der Waals surface area contributed by atoms with Gasteiger partial charge in [0.15, 0.2) is 0 Å². The second-order valence-corrected chi connectivity index (χ2v) is 11.2. The molecule has 0 bridgehead atoms. The first-order chi connectivity index (χ1) is 18.9. The molecule has 5 rings (SSSR count). The van der Waals surface area contributed by atoms with E-state index >= 15 is 0 Å². The predicted octanol–water partition coefficient (Wildman–Crippen LogP) is 5.85. The van der Waals surface area contributed by atoms with Crippen LogP contribution in [-0.4, -0.2) is 47.0 Å². The molecule has 2 unspecified atom stereocenters. The molecule has 1 aliphatic heterocycles. The molecule has 1 saturated carbocycles. The zero-order valence-corrected chi connectivity index (χ0v) is 23.3. The summed E-state index contributed by atoms with van der Waals surface area (Å²) in [5.41, 5.74) is 3.70. The van der Waals surface area contributed by atoms with Crippen LogP contribution < -0.4 is 10.1 Å². The van der Waals surface area contributed by atoms with Crippen LogP contribution in [0.3, 0.4) is 0 Å². The van der Waals surface area contributed by atoms with E-state index in [0.717, 1.165) is 97.6 Å². The molecular formula is C31H40N4O4. The Kier molecular flexibility index (Phi) is 8.31. The minimum Gasteiger partial charge on any atom is -0.496 e. The van der Waals surface area contributed by atoms with Crippen LogP contribution in [0.15, 0.2) is 30.5 Å². The summed E-state index contributed by atoms with van der Waals surface area (Å²) in [6.07, 6.45) is 9.40. The number of imidazole rings is 1. The fraction of sp³-hybridized carbons (Fsp3) is 0.548. The van der Waals surface area contributed by atoms with E-state index < -0.39 is 0 Å². The highest BCUT2D eigenvalue weighted by Crippen LogP contribution is 2.59. The van der Waals surface area contributed by atoms with Crippen molar-refractivity contribution in [1.82, 2.24) is 20.3 Å². The predicted molar refractivity (Wildman–Crippen MR) is 150 cm³/mol. The zero-order chi connectivity index (χ0) is 27.4. The standard InChI is InChI=1S/C31H40N4O4/c1-4-22(36)8-6-5-7-9-25(35-30(37)24-18-31(24)12-14-39-15-13-31)29-32-19-27(34-29)23-16-21-11-10-20(2)33-26(21)17-28(23)38-3/h10-11,16-17,19,24-25H,4-9,12-15,18H2,1-3H3,(H,32,34)(H,35,37). The Hall–Kier alpha value is -3.26. The smallest absolute Gasteiger partial charge is 0.224 e. The molecule has 3 heterocycles. The molecular weight excluding hydrogens is 492 g/mol. The van der Waals surface area contributed by atoms with Crippen molar-refractivity contribution in [2.45, 2.75) is 77.7 Å². The summed E-state index contributed by atoms with van der Waals surface area (Å²) in [6.45, 7) is 5.37. The van der Waals surface area contributed by atoms with Crippen LogP contribution in [0.1, 0.15) is 82.3 Å². The number of Topliss-reactive ketones (excluding diaryl/α,β-unsaturated/α-hetero) is 1. The summed E-state index contributed by atoms with van der Waals surface area (Å²) in [7, 11) is 1.66. The molecule has 2 aliphatic rings. The van der Waals surface area contributed by atoms with Gasteiger partial charge in [0.25, 0.3) is 0 Å². The third-order valence-electron chi connectivity index (χ3n) is 8.52. The van der Waals surface area contributed by atoms with Gasteiger partial charge in [-0.1, -0.05) is 25.8 Å². The molecule has 3 aromatic rings. The largest absolute Gasteiger partial charge is 0.496 e. The number of H-pyrrole nitrogens is 1. The lowest BCUT2D eigenvalue weighted by Gasteiger charge is -2.23. The van der Waals surface area contributed by atoms with Crippen LogP contribution in [0, 0.1) is 18.3 Å². The van der Waals surface area contributed by atoms with Gasteiger partial charge in [-0.25, -0.2) is 4.98 Å². The van der Waals surface area contributed by atoms with E-state index in [9.17, 15) is 9.59 Å². The topological polar surface area (TPSA) is 106 Å². The van der Waals surface area contributed by atoms with E-state index in [2.05, 4.69) is 27.4 Å². The molecule has 1 aromatic carbocycles. The molecule has 8 nitrogen and oxygen atoms in total. The molecule has 2 N–H and O–H groups in total. The summed E-state index contributed by atoms with van der Waals surface area (Å²) in [5.74, 6) is 1.94. The number of hydrogen-bond donors (Lipinski definition) is 2. The van der Waals surface area contributed by atoms with Gasteiger partial charge in [-0.2, -0.15) is 0 Å². The number of pyridine rings is 1. The lowest BCUT2D eigenvalue weighted by atomic mass is 9.93. The Balaban J connectivity index is 1.34. The average molecular weight is 533 g/mol. The van der Waals surface area contributed by atoms with E-state index in [1.807, 2.05) is 32.2 Å². The number of methoxy groups -OCH3 is 1. The van der Waals surface area contributed by atoms with Crippen LogP contribution >= 0.6 is 0 Å². The number of aryl methyl sites for hydroxylation is 1. The maximum Gasteiger partial charge on any atom is 0.224 e. The van der Waals surface area contributed by atoms with E-state index in [1.165, 1.54) is 0 Å². The van der Waals surface area contributed by atoms with Gasteiger partial charge in [-0.05, 0) is 56.6 Å². The normalized spacial score (nSPS) is 18.7. The van der Waals surface area contributed by atoms with Gasteiger partial charge in [0.2, 0.25) is 5.91 Å². The molecule has 2 fully saturated rings. The number of rotatable bonds is 12. The summed E-state index contributed by atoms with van der Waals surface area (Å²) >= 11 is 0. The monoisotopic (exact) mass is 532 g/mol. The summed E-state index contributed by atoms with van der Waals surface area (Å²) in [5, 5.41) is 4.35. The van der Waals surface area contributed by atoms with Crippen molar-refractivity contribution in [3.8, 4) is 17.0 Å². The number of amides is 1. The summed E-state index contributed by atoms with van der Waals surface area (Å²) in [4.78, 5) is 37.9. The van der Waals surface area contributed by atoms with Crippen molar-refractivity contribution in [3.05, 3.63) is 42.0 Å². The number of unbranched alkanes of at least 4 members (excludes halogenated alkanes) is 2. The first kappa shape index (κ1) is 27.3. The lowest BCUT2D eigenvalue weighted by molar-refractivity contribution is -0.124. The Labute approximate surface area is 230 Å². The Morgan fingerprint density at radius 2 is 2.03 bits per heavy atom. The van der Waals surface area contributed by atoms with E-state index in [1.54, 1.807) is 7.11 Å². The van der Waals surface area contributed by atoms with Gasteiger partial charge in [-0.15, -0.1) is 0 Å². The fourth-order valence-corrected chi connectivity index (χ4v) is 5.91. The van der Waals surface area contributed by atoms with E-state index in [-0.39, 0.29) is 23.3 Å². The second-order valence-electron chi connectivity index (χ2n) is 11.2. The van der Waals surface area contributed by atoms with Crippen molar-refractivity contribution in [2.24, 2.45) is 11.3 Å². The van der Waals surface area contributed by atoms with E-state index in [0.29, 0.717) is 18.6 Å². The molecule has 1 amide bonds. The number of fused-ring (bicyclic) bond motifs is 1.